The van der Waals surface area contributed by atoms with Gasteiger partial charge >= 0.3 is 5.69 Å². The maximum absolute atomic E-state index is 12.3. The molecule has 7 nitrogen and oxygen atoms in total. The number of carbonyl (C=O) groups excluding carboxylic acids is 1. The minimum Gasteiger partial charge on any atom is -0.336 e. The van der Waals surface area contributed by atoms with Crippen molar-refractivity contribution < 1.29 is 4.79 Å². The zero-order valence-corrected chi connectivity index (χ0v) is 12.0. The van der Waals surface area contributed by atoms with Crippen molar-refractivity contribution in [2.75, 3.05) is 13.1 Å². The molecule has 7 heteroatoms. The minimum atomic E-state index is -0.471. The van der Waals surface area contributed by atoms with Gasteiger partial charge in [-0.25, -0.2) is 4.79 Å². The van der Waals surface area contributed by atoms with Crippen LogP contribution in [-0.4, -0.2) is 45.1 Å². The first-order valence-electron chi connectivity index (χ1n) is 6.71. The van der Waals surface area contributed by atoms with E-state index in [-0.39, 0.29) is 30.1 Å². The van der Waals surface area contributed by atoms with Crippen LogP contribution in [0, 0.1) is 0 Å². The fourth-order valence-corrected chi connectivity index (χ4v) is 2.38. The monoisotopic (exact) mass is 280 g/mol. The van der Waals surface area contributed by atoms with E-state index in [2.05, 4.69) is 5.32 Å². The molecule has 2 unspecified atom stereocenters. The molecule has 1 amide bonds. The van der Waals surface area contributed by atoms with Crippen LogP contribution >= 0.6 is 0 Å². The lowest BCUT2D eigenvalue weighted by Gasteiger charge is -2.38. The molecular weight excluding hydrogens is 260 g/mol. The van der Waals surface area contributed by atoms with Crippen molar-refractivity contribution in [1.29, 1.82) is 0 Å². The number of carbonyl (C=O) groups is 1. The highest BCUT2D eigenvalue weighted by atomic mass is 16.2. The van der Waals surface area contributed by atoms with E-state index in [1.165, 1.54) is 23.9 Å². The molecule has 0 saturated carbocycles. The number of piperazine rings is 1. The van der Waals surface area contributed by atoms with Crippen molar-refractivity contribution in [3.63, 3.8) is 0 Å². The molecular formula is C13H20N4O3. The minimum absolute atomic E-state index is 0.0377. The topological polar surface area (TPSA) is 76.3 Å². The fraction of sp³-hybridized carbons (Fsp3) is 0.615. The summed E-state index contributed by atoms with van der Waals surface area (Å²) in [6.45, 7) is 5.36. The van der Waals surface area contributed by atoms with Gasteiger partial charge in [-0.05, 0) is 13.8 Å². The van der Waals surface area contributed by atoms with Gasteiger partial charge in [-0.15, -0.1) is 0 Å². The lowest BCUT2D eigenvalue weighted by molar-refractivity contribution is -0.135. The molecule has 0 aliphatic carbocycles. The van der Waals surface area contributed by atoms with Gasteiger partial charge in [0.1, 0.15) is 6.54 Å². The summed E-state index contributed by atoms with van der Waals surface area (Å²) in [7, 11) is 1.40. The van der Waals surface area contributed by atoms with Crippen LogP contribution in [0.3, 0.4) is 0 Å². The Hall–Kier alpha value is -1.89. The Kier molecular flexibility index (Phi) is 4.08. The average molecular weight is 280 g/mol. The number of hydrogen-bond acceptors (Lipinski definition) is 4. The highest BCUT2D eigenvalue weighted by molar-refractivity contribution is 5.76. The van der Waals surface area contributed by atoms with Gasteiger partial charge in [0.05, 0.1) is 0 Å². The van der Waals surface area contributed by atoms with Crippen LogP contribution in [-0.2, 0) is 18.4 Å². The molecule has 1 aliphatic rings. The summed E-state index contributed by atoms with van der Waals surface area (Å²) < 4.78 is 2.26. The highest BCUT2D eigenvalue weighted by Gasteiger charge is 2.28. The largest absolute Gasteiger partial charge is 0.336 e. The van der Waals surface area contributed by atoms with Crippen LogP contribution in [0.2, 0.25) is 0 Å². The third-order valence-electron chi connectivity index (χ3n) is 3.92. The van der Waals surface area contributed by atoms with Crippen molar-refractivity contribution in [2.24, 2.45) is 7.05 Å². The van der Waals surface area contributed by atoms with E-state index >= 15 is 0 Å². The van der Waals surface area contributed by atoms with Crippen molar-refractivity contribution in [2.45, 2.75) is 32.5 Å². The van der Waals surface area contributed by atoms with E-state index in [9.17, 15) is 14.4 Å². The van der Waals surface area contributed by atoms with Crippen LogP contribution < -0.4 is 16.6 Å². The Morgan fingerprint density at radius 3 is 2.80 bits per heavy atom. The molecule has 1 N–H and O–H groups in total. The van der Waals surface area contributed by atoms with Gasteiger partial charge < -0.3 is 10.2 Å². The molecule has 0 bridgehead atoms. The number of rotatable bonds is 2. The number of amides is 1. The molecule has 20 heavy (non-hydrogen) atoms. The molecule has 0 aromatic carbocycles. The van der Waals surface area contributed by atoms with Crippen LogP contribution in [0.1, 0.15) is 13.8 Å². The Morgan fingerprint density at radius 2 is 2.10 bits per heavy atom. The van der Waals surface area contributed by atoms with Crippen molar-refractivity contribution in [3.05, 3.63) is 33.1 Å². The number of nitrogens with one attached hydrogen (secondary N) is 1. The van der Waals surface area contributed by atoms with E-state index in [0.29, 0.717) is 6.54 Å². The molecule has 2 atom stereocenters. The second kappa shape index (κ2) is 5.62. The first-order chi connectivity index (χ1) is 9.41. The van der Waals surface area contributed by atoms with E-state index in [1.54, 1.807) is 4.90 Å². The summed E-state index contributed by atoms with van der Waals surface area (Å²) in [5.74, 6) is -0.105. The summed E-state index contributed by atoms with van der Waals surface area (Å²) in [5, 5.41) is 3.30. The van der Waals surface area contributed by atoms with E-state index in [4.69, 9.17) is 0 Å². The molecule has 2 heterocycles. The van der Waals surface area contributed by atoms with Crippen LogP contribution in [0.4, 0.5) is 0 Å². The lowest BCUT2D eigenvalue weighted by Crippen LogP contribution is -2.58. The van der Waals surface area contributed by atoms with Crippen LogP contribution in [0.25, 0.3) is 0 Å². The smallest absolute Gasteiger partial charge is 0.331 e. The normalized spacial score (nSPS) is 22.9. The van der Waals surface area contributed by atoms with Gasteiger partial charge in [0.25, 0.3) is 5.56 Å². The Balaban J connectivity index is 2.18. The summed E-state index contributed by atoms with van der Waals surface area (Å²) >= 11 is 0. The van der Waals surface area contributed by atoms with Gasteiger partial charge in [0.2, 0.25) is 5.91 Å². The van der Waals surface area contributed by atoms with E-state index in [0.717, 1.165) is 11.1 Å². The molecule has 1 fully saturated rings. The predicted molar refractivity (Wildman–Crippen MR) is 74.6 cm³/mol. The predicted octanol–water partition coefficient (Wildman–Crippen LogP) is -1.24. The molecule has 1 aromatic rings. The molecule has 1 saturated heterocycles. The molecule has 0 spiro atoms. The summed E-state index contributed by atoms with van der Waals surface area (Å²) in [6.07, 6.45) is 1.37. The van der Waals surface area contributed by atoms with Crippen LogP contribution in [0.5, 0.6) is 0 Å². The number of nitrogens with zero attached hydrogens (tertiary/aromatic N) is 3. The second-order valence-corrected chi connectivity index (χ2v) is 5.19. The average Bonchev–Trinajstić information content (AvgIpc) is 2.42. The zero-order valence-electron chi connectivity index (χ0n) is 12.0. The zero-order chi connectivity index (χ0) is 14.9. The highest BCUT2D eigenvalue weighted by Crippen LogP contribution is 2.09. The maximum atomic E-state index is 12.3. The lowest BCUT2D eigenvalue weighted by atomic mass is 10.1. The molecule has 110 valence electrons. The second-order valence-electron chi connectivity index (χ2n) is 5.19. The Labute approximate surface area is 116 Å². The summed E-state index contributed by atoms with van der Waals surface area (Å²) in [6, 6.07) is 1.60. The van der Waals surface area contributed by atoms with Gasteiger partial charge in [-0.3, -0.25) is 18.7 Å². The molecule has 0 radical (unpaired) electrons. The number of hydrogen-bond donors (Lipinski definition) is 1. The van der Waals surface area contributed by atoms with Gasteiger partial charge in [0.15, 0.2) is 0 Å². The summed E-state index contributed by atoms with van der Waals surface area (Å²) in [5.41, 5.74) is -0.843. The van der Waals surface area contributed by atoms with Crippen LogP contribution in [0.15, 0.2) is 21.9 Å². The molecule has 1 aliphatic heterocycles. The van der Waals surface area contributed by atoms with Gasteiger partial charge in [-0.2, -0.15) is 0 Å². The van der Waals surface area contributed by atoms with Gasteiger partial charge in [-0.1, -0.05) is 0 Å². The van der Waals surface area contributed by atoms with E-state index in [1.807, 2.05) is 13.8 Å². The quantitative estimate of drug-likeness (QED) is 0.735. The SMILES string of the molecule is CC1NCCN(C(=O)Cn2ccc(=O)n(C)c2=O)C1C. The summed E-state index contributed by atoms with van der Waals surface area (Å²) in [4.78, 5) is 37.3. The van der Waals surface area contributed by atoms with Crippen molar-refractivity contribution >= 4 is 5.91 Å². The first-order valence-corrected chi connectivity index (χ1v) is 6.71. The fourth-order valence-electron chi connectivity index (χ4n) is 2.38. The third-order valence-corrected chi connectivity index (χ3v) is 3.92. The van der Waals surface area contributed by atoms with E-state index < -0.39 is 5.69 Å². The Bertz CT molecular complexity index is 619. The van der Waals surface area contributed by atoms with Gasteiger partial charge in [0, 0.05) is 44.5 Å². The molecule has 2 rings (SSSR count). The Morgan fingerprint density at radius 1 is 1.40 bits per heavy atom. The first kappa shape index (κ1) is 14.5. The van der Waals surface area contributed by atoms with Crippen molar-refractivity contribution in [3.8, 4) is 0 Å². The molecule has 1 aromatic heterocycles. The standard InChI is InChI=1S/C13H20N4O3/c1-9-10(2)17(7-5-14-9)12(19)8-16-6-4-11(18)15(3)13(16)20/h4,6,9-10,14H,5,7-8H2,1-3H3. The number of aromatic nitrogens is 2. The maximum Gasteiger partial charge on any atom is 0.331 e. The third kappa shape index (κ3) is 2.67. The van der Waals surface area contributed by atoms with Crippen molar-refractivity contribution in [1.82, 2.24) is 19.4 Å².